The Balaban J connectivity index is 1.66. The van der Waals surface area contributed by atoms with Crippen molar-refractivity contribution >= 4 is 34.9 Å². The number of ether oxygens (including phenoxy) is 1. The fourth-order valence-corrected chi connectivity index (χ4v) is 3.27. The molecule has 3 rings (SSSR count). The zero-order chi connectivity index (χ0) is 19.6. The van der Waals surface area contributed by atoms with Crippen LogP contribution in [0.25, 0.3) is 0 Å². The predicted molar refractivity (Wildman–Crippen MR) is 100 cm³/mol. The van der Waals surface area contributed by atoms with E-state index in [0.717, 1.165) is 18.4 Å². The van der Waals surface area contributed by atoms with E-state index >= 15 is 0 Å². The highest BCUT2D eigenvalue weighted by molar-refractivity contribution is 6.32. The number of fused-ring (bicyclic) bond motifs is 1. The number of anilines is 1. The zero-order valence-electron chi connectivity index (χ0n) is 15.2. The summed E-state index contributed by atoms with van der Waals surface area (Å²) in [7, 11) is 0. The highest BCUT2D eigenvalue weighted by atomic mass is 35.5. The number of aryl methyl sites for hydroxylation is 2. The number of aromatic nitrogens is 2. The van der Waals surface area contributed by atoms with Gasteiger partial charge in [0.05, 0.1) is 12.1 Å². The van der Waals surface area contributed by atoms with Crippen LogP contribution in [0.5, 0.6) is 0 Å². The fourth-order valence-electron chi connectivity index (χ4n) is 2.93. The van der Waals surface area contributed by atoms with E-state index in [1.807, 2.05) is 0 Å². The molecule has 0 radical (unpaired) electrons. The lowest BCUT2D eigenvalue weighted by atomic mass is 10.1. The molecule has 27 heavy (non-hydrogen) atoms. The zero-order valence-corrected chi connectivity index (χ0v) is 15.9. The molecule has 8 heteroatoms. The van der Waals surface area contributed by atoms with Crippen LogP contribution in [-0.4, -0.2) is 34.0 Å². The molecule has 1 amide bonds. The summed E-state index contributed by atoms with van der Waals surface area (Å²) in [5.41, 5.74) is 2.50. The van der Waals surface area contributed by atoms with Crippen molar-refractivity contribution in [2.24, 2.45) is 0 Å². The first-order chi connectivity index (χ1) is 12.9. The molecule has 1 aliphatic heterocycles. The summed E-state index contributed by atoms with van der Waals surface area (Å²) in [6, 6.07) is 4.92. The van der Waals surface area contributed by atoms with Crippen molar-refractivity contribution in [3.63, 3.8) is 0 Å². The maximum Gasteiger partial charge on any atom is 0.343 e. The molecule has 0 atom stereocenters. The van der Waals surface area contributed by atoms with Gasteiger partial charge in [-0.15, -0.1) is 0 Å². The van der Waals surface area contributed by atoms with E-state index in [1.165, 1.54) is 0 Å². The number of unbranched alkanes of at least 4 members (excludes halogenated alkanes) is 1. The van der Waals surface area contributed by atoms with E-state index in [9.17, 15) is 14.4 Å². The Morgan fingerprint density at radius 3 is 2.89 bits per heavy atom. The van der Waals surface area contributed by atoms with Crippen molar-refractivity contribution in [1.82, 2.24) is 9.78 Å². The van der Waals surface area contributed by atoms with Crippen molar-refractivity contribution in [1.29, 1.82) is 0 Å². The Morgan fingerprint density at radius 2 is 2.15 bits per heavy atom. The van der Waals surface area contributed by atoms with Crippen LogP contribution in [0.1, 0.15) is 51.7 Å². The lowest BCUT2D eigenvalue weighted by Crippen LogP contribution is -2.15. The largest absolute Gasteiger partial charge is 0.454 e. The molecule has 7 nitrogen and oxygen atoms in total. The second kappa shape index (κ2) is 7.92. The lowest BCUT2D eigenvalue weighted by Gasteiger charge is -2.06. The Labute approximate surface area is 161 Å². The van der Waals surface area contributed by atoms with Crippen molar-refractivity contribution < 1.29 is 19.1 Å². The Bertz CT molecular complexity index is 920. The van der Waals surface area contributed by atoms with Crippen molar-refractivity contribution in [3.8, 4) is 0 Å². The van der Waals surface area contributed by atoms with Gasteiger partial charge in [-0.25, -0.2) is 4.79 Å². The van der Waals surface area contributed by atoms with Gasteiger partial charge in [-0.1, -0.05) is 24.9 Å². The summed E-state index contributed by atoms with van der Waals surface area (Å²) in [5, 5.41) is 7.19. The minimum Gasteiger partial charge on any atom is -0.454 e. The second-order valence-corrected chi connectivity index (χ2v) is 6.78. The van der Waals surface area contributed by atoms with Crippen LogP contribution < -0.4 is 5.32 Å². The third kappa shape index (κ3) is 4.03. The number of carbonyl (C=O) groups excluding carboxylic acids is 3. The summed E-state index contributed by atoms with van der Waals surface area (Å²) < 4.78 is 6.73. The molecule has 0 bridgehead atoms. The van der Waals surface area contributed by atoms with Gasteiger partial charge in [0.25, 0.3) is 0 Å². The molecular weight excluding hydrogens is 370 g/mol. The van der Waals surface area contributed by atoms with Gasteiger partial charge in [-0.2, -0.15) is 5.10 Å². The van der Waals surface area contributed by atoms with Crippen molar-refractivity contribution in [2.75, 3.05) is 11.9 Å². The first kappa shape index (κ1) is 19.1. The number of ketones is 1. The number of hydrogen-bond acceptors (Lipinski definition) is 5. The molecule has 0 fully saturated rings. The number of esters is 1. The number of rotatable bonds is 7. The number of halogens is 1. The number of amides is 1. The molecule has 0 unspecified atom stereocenters. The van der Waals surface area contributed by atoms with Crippen molar-refractivity contribution in [2.45, 2.75) is 39.7 Å². The van der Waals surface area contributed by atoms with Gasteiger partial charge in [-0.05, 0) is 37.1 Å². The molecule has 2 aromatic rings. The Hall–Kier alpha value is -2.67. The molecule has 0 aliphatic carbocycles. The average Bonchev–Trinajstić information content (AvgIpc) is 3.14. The van der Waals surface area contributed by atoms with Crippen LogP contribution in [0, 0.1) is 6.92 Å². The minimum absolute atomic E-state index is 0.105. The standard InChI is InChI=1S/C19H20ClN3O4/c1-3-4-7-23-18(20)17(11(2)22-23)19(26)27-10-15(24)12-5-6-14-13(8-12)9-16(25)21-14/h5-6,8H,3-4,7,9-10H2,1-2H3,(H,21,25). The van der Waals surface area contributed by atoms with Crippen LogP contribution in [0.15, 0.2) is 18.2 Å². The van der Waals surface area contributed by atoms with Gasteiger partial charge in [0.15, 0.2) is 12.4 Å². The number of nitrogens with one attached hydrogen (secondary N) is 1. The Morgan fingerprint density at radius 1 is 1.37 bits per heavy atom. The fraction of sp³-hybridized carbons (Fsp3) is 0.368. The normalized spacial score (nSPS) is 12.6. The highest BCUT2D eigenvalue weighted by Crippen LogP contribution is 2.24. The first-order valence-electron chi connectivity index (χ1n) is 8.76. The van der Waals surface area contributed by atoms with Crippen LogP contribution >= 0.6 is 11.6 Å². The van der Waals surface area contributed by atoms with E-state index in [-0.39, 0.29) is 28.8 Å². The maximum absolute atomic E-state index is 12.4. The van der Waals surface area contributed by atoms with Gasteiger partial charge in [0, 0.05) is 17.8 Å². The molecule has 1 aromatic heterocycles. The Kier molecular flexibility index (Phi) is 5.60. The van der Waals surface area contributed by atoms with E-state index in [1.54, 1.807) is 29.8 Å². The molecule has 0 saturated heterocycles. The molecule has 2 heterocycles. The molecule has 0 spiro atoms. The highest BCUT2D eigenvalue weighted by Gasteiger charge is 2.23. The lowest BCUT2D eigenvalue weighted by molar-refractivity contribution is -0.115. The minimum atomic E-state index is -0.674. The third-order valence-corrected chi connectivity index (χ3v) is 4.76. The first-order valence-corrected chi connectivity index (χ1v) is 9.14. The van der Waals surface area contributed by atoms with E-state index in [2.05, 4.69) is 17.3 Å². The van der Waals surface area contributed by atoms with Crippen LogP contribution in [-0.2, 0) is 22.5 Å². The average molecular weight is 390 g/mol. The van der Waals surface area contributed by atoms with Crippen LogP contribution in [0.2, 0.25) is 5.15 Å². The third-order valence-electron chi connectivity index (χ3n) is 4.38. The van der Waals surface area contributed by atoms with Gasteiger partial charge in [-0.3, -0.25) is 14.3 Å². The maximum atomic E-state index is 12.4. The SMILES string of the molecule is CCCCn1nc(C)c(C(=O)OCC(=O)c2ccc3c(c2)CC(=O)N3)c1Cl. The summed E-state index contributed by atoms with van der Waals surface area (Å²) in [5.74, 6) is -1.13. The summed E-state index contributed by atoms with van der Waals surface area (Å²) in [4.78, 5) is 36.1. The number of nitrogens with zero attached hydrogens (tertiary/aromatic N) is 2. The second-order valence-electron chi connectivity index (χ2n) is 6.42. The predicted octanol–water partition coefficient (Wildman–Crippen LogP) is 3.18. The quantitative estimate of drug-likeness (QED) is 0.580. The summed E-state index contributed by atoms with van der Waals surface area (Å²) in [6.45, 7) is 3.94. The van der Waals surface area contributed by atoms with Crippen LogP contribution in [0.3, 0.4) is 0 Å². The van der Waals surface area contributed by atoms with Gasteiger partial charge in [0.2, 0.25) is 5.91 Å². The number of Topliss-reactive ketones (excluding diaryl/α,β-unsaturated/α-hetero) is 1. The molecule has 1 N–H and O–H groups in total. The molecule has 1 aliphatic rings. The molecule has 0 saturated carbocycles. The smallest absolute Gasteiger partial charge is 0.343 e. The van der Waals surface area contributed by atoms with E-state index in [4.69, 9.17) is 16.3 Å². The molecular formula is C19H20ClN3O4. The van der Waals surface area contributed by atoms with Gasteiger partial charge >= 0.3 is 5.97 Å². The molecule has 142 valence electrons. The monoisotopic (exact) mass is 389 g/mol. The van der Waals surface area contributed by atoms with Gasteiger partial charge < -0.3 is 10.1 Å². The topological polar surface area (TPSA) is 90.3 Å². The number of carbonyl (C=O) groups is 3. The summed E-state index contributed by atoms with van der Waals surface area (Å²) in [6.07, 6.45) is 2.11. The number of benzene rings is 1. The van der Waals surface area contributed by atoms with Crippen LogP contribution in [0.4, 0.5) is 5.69 Å². The number of hydrogen-bond donors (Lipinski definition) is 1. The van der Waals surface area contributed by atoms with Gasteiger partial charge in [0.1, 0.15) is 10.7 Å². The molecule has 1 aromatic carbocycles. The van der Waals surface area contributed by atoms with Crippen molar-refractivity contribution in [3.05, 3.63) is 45.7 Å². The van der Waals surface area contributed by atoms with E-state index < -0.39 is 12.6 Å². The summed E-state index contributed by atoms with van der Waals surface area (Å²) >= 11 is 6.25. The van der Waals surface area contributed by atoms with E-state index in [0.29, 0.717) is 23.5 Å².